The summed E-state index contributed by atoms with van der Waals surface area (Å²) in [7, 11) is 0. The number of benzene rings is 1. The van der Waals surface area contributed by atoms with Crippen LogP contribution in [-0.4, -0.2) is 63.4 Å². The molecule has 0 saturated carbocycles. The van der Waals surface area contributed by atoms with Crippen LogP contribution in [0.1, 0.15) is 0 Å². The number of ether oxygens (including phenoxy) is 3. The minimum Gasteiger partial charge on any atom is -0.486 e. The van der Waals surface area contributed by atoms with Crippen molar-refractivity contribution in [2.75, 3.05) is 26.3 Å². The van der Waals surface area contributed by atoms with Crippen molar-refractivity contribution < 1.29 is 19.3 Å². The number of para-hydroxylation sites is 2. The van der Waals surface area contributed by atoms with Crippen molar-refractivity contribution in [3.63, 3.8) is 0 Å². The van der Waals surface area contributed by atoms with Crippen LogP contribution in [0.5, 0.6) is 17.4 Å². The van der Waals surface area contributed by atoms with E-state index in [0.29, 0.717) is 31.4 Å². The fourth-order valence-corrected chi connectivity index (χ4v) is 2.74. The number of hydrogen-bond acceptors (Lipinski definition) is 8. The molecule has 3 aromatic rings. The third-order valence-electron chi connectivity index (χ3n) is 4.14. The number of hydrogen-bond donors (Lipinski definition) is 2. The Kier molecular flexibility index (Phi) is 5.64. The highest BCUT2D eigenvalue weighted by molar-refractivity contribution is 5.40. The summed E-state index contributed by atoms with van der Waals surface area (Å²) in [5.74, 6) is 2.49. The Hall–Kier alpha value is -3.17. The second-order valence-corrected chi connectivity index (χ2v) is 6.32. The molecule has 2 N–H and O–H groups in total. The molecule has 9 heteroatoms. The molecule has 0 spiro atoms. The molecule has 0 bridgehead atoms. The van der Waals surface area contributed by atoms with Gasteiger partial charge in [0.2, 0.25) is 5.88 Å². The first-order valence-corrected chi connectivity index (χ1v) is 9.00. The van der Waals surface area contributed by atoms with Crippen LogP contribution in [0.15, 0.2) is 55.1 Å². The lowest BCUT2D eigenvalue weighted by Crippen LogP contribution is -2.41. The molecule has 0 aliphatic carbocycles. The van der Waals surface area contributed by atoms with Gasteiger partial charge in [0, 0.05) is 31.5 Å². The number of aliphatic hydroxyl groups excluding tert-OH is 1. The molecule has 2 aromatic heterocycles. The van der Waals surface area contributed by atoms with E-state index >= 15 is 0 Å². The summed E-state index contributed by atoms with van der Waals surface area (Å²) in [4.78, 5) is 3.96. The van der Waals surface area contributed by atoms with Crippen molar-refractivity contribution in [2.24, 2.45) is 0 Å². The highest BCUT2D eigenvalue weighted by atomic mass is 16.6. The maximum absolute atomic E-state index is 10.1. The minimum atomic E-state index is -0.688. The van der Waals surface area contributed by atoms with Gasteiger partial charge in [0.15, 0.2) is 17.3 Å². The van der Waals surface area contributed by atoms with E-state index in [9.17, 15) is 5.11 Å². The predicted molar refractivity (Wildman–Crippen MR) is 99.9 cm³/mol. The molecule has 2 atom stereocenters. The average molecular weight is 383 g/mol. The molecule has 3 heterocycles. The van der Waals surface area contributed by atoms with E-state index in [4.69, 9.17) is 14.2 Å². The van der Waals surface area contributed by atoms with E-state index in [-0.39, 0.29) is 12.7 Å². The van der Waals surface area contributed by atoms with E-state index in [2.05, 4.69) is 20.5 Å². The smallest absolute Gasteiger partial charge is 0.233 e. The van der Waals surface area contributed by atoms with Gasteiger partial charge in [0.05, 0.1) is 0 Å². The summed E-state index contributed by atoms with van der Waals surface area (Å²) in [6.45, 7) is 1.50. The highest BCUT2D eigenvalue weighted by Crippen LogP contribution is 2.30. The standard InChI is InChI=1S/C19H21N5O4/c25-14(9-21-10-15-12-26-16-3-1-2-4-17(16)28-15)11-27-19-6-5-18(22-23-19)24-8-7-20-13-24/h1-8,13-15,21,25H,9-12H2. The SMILES string of the molecule is OC(CNCC1COc2ccccc2O1)COc1ccc(-n2ccnc2)nn1. The molecule has 9 nitrogen and oxygen atoms in total. The number of nitrogens with zero attached hydrogens (tertiary/aromatic N) is 4. The molecule has 1 aliphatic heterocycles. The summed E-state index contributed by atoms with van der Waals surface area (Å²) < 4.78 is 18.7. The number of nitrogens with one attached hydrogen (secondary N) is 1. The van der Waals surface area contributed by atoms with Gasteiger partial charge in [0.25, 0.3) is 0 Å². The van der Waals surface area contributed by atoms with Gasteiger partial charge in [-0.05, 0) is 18.2 Å². The van der Waals surface area contributed by atoms with Crippen molar-refractivity contribution in [1.82, 2.24) is 25.1 Å². The Bertz CT molecular complexity index is 872. The fourth-order valence-electron chi connectivity index (χ4n) is 2.74. The van der Waals surface area contributed by atoms with Gasteiger partial charge < -0.3 is 24.6 Å². The Morgan fingerprint density at radius 1 is 1.21 bits per heavy atom. The topological polar surface area (TPSA) is 104 Å². The molecule has 0 amide bonds. The van der Waals surface area contributed by atoms with Crippen molar-refractivity contribution >= 4 is 0 Å². The van der Waals surface area contributed by atoms with Crippen molar-refractivity contribution in [3.8, 4) is 23.2 Å². The lowest BCUT2D eigenvalue weighted by Gasteiger charge is -2.26. The summed E-state index contributed by atoms with van der Waals surface area (Å²) in [5.41, 5.74) is 0. The van der Waals surface area contributed by atoms with E-state index in [1.807, 2.05) is 24.3 Å². The summed E-state index contributed by atoms with van der Waals surface area (Å²) in [5, 5.41) is 21.3. The van der Waals surface area contributed by atoms with Gasteiger partial charge in [-0.3, -0.25) is 4.57 Å². The zero-order chi connectivity index (χ0) is 19.2. The first-order valence-electron chi connectivity index (χ1n) is 9.00. The van der Waals surface area contributed by atoms with Crippen LogP contribution in [0.3, 0.4) is 0 Å². The second-order valence-electron chi connectivity index (χ2n) is 6.32. The Balaban J connectivity index is 1.17. The van der Waals surface area contributed by atoms with Crippen LogP contribution >= 0.6 is 0 Å². The summed E-state index contributed by atoms with van der Waals surface area (Å²) in [6, 6.07) is 11.0. The molecule has 2 unspecified atom stereocenters. The predicted octanol–water partition coefficient (Wildman–Crippen LogP) is 0.832. The molecule has 0 fully saturated rings. The molecular formula is C19H21N5O4. The second kappa shape index (κ2) is 8.68. The third kappa shape index (κ3) is 4.56. The molecule has 1 aromatic carbocycles. The Labute approximate surface area is 161 Å². The van der Waals surface area contributed by atoms with Crippen molar-refractivity contribution in [1.29, 1.82) is 0 Å². The van der Waals surface area contributed by atoms with Crippen LogP contribution in [0.2, 0.25) is 0 Å². The average Bonchev–Trinajstić information content (AvgIpc) is 3.27. The maximum Gasteiger partial charge on any atom is 0.233 e. The van der Waals surface area contributed by atoms with Gasteiger partial charge in [-0.25, -0.2) is 4.98 Å². The van der Waals surface area contributed by atoms with Crippen LogP contribution in [-0.2, 0) is 0 Å². The zero-order valence-electron chi connectivity index (χ0n) is 15.1. The number of aliphatic hydroxyl groups is 1. The van der Waals surface area contributed by atoms with Crippen LogP contribution in [0.4, 0.5) is 0 Å². The maximum atomic E-state index is 10.1. The highest BCUT2D eigenvalue weighted by Gasteiger charge is 2.20. The lowest BCUT2D eigenvalue weighted by molar-refractivity contribution is 0.0770. The first kappa shape index (κ1) is 18.2. The first-order chi connectivity index (χ1) is 13.8. The normalized spacial score (nSPS) is 16.5. The van der Waals surface area contributed by atoms with Gasteiger partial charge >= 0.3 is 0 Å². The molecule has 0 saturated heterocycles. The third-order valence-corrected chi connectivity index (χ3v) is 4.14. The van der Waals surface area contributed by atoms with Crippen molar-refractivity contribution in [3.05, 3.63) is 55.1 Å². The number of fused-ring (bicyclic) bond motifs is 1. The Morgan fingerprint density at radius 2 is 2.11 bits per heavy atom. The molecule has 4 rings (SSSR count). The summed E-state index contributed by atoms with van der Waals surface area (Å²) in [6.07, 6.45) is 4.29. The van der Waals surface area contributed by atoms with Gasteiger partial charge in [-0.1, -0.05) is 12.1 Å². The molecule has 1 aliphatic rings. The summed E-state index contributed by atoms with van der Waals surface area (Å²) >= 11 is 0. The zero-order valence-corrected chi connectivity index (χ0v) is 15.1. The molecule has 146 valence electrons. The van der Waals surface area contributed by atoms with Crippen LogP contribution in [0.25, 0.3) is 5.82 Å². The molecule has 0 radical (unpaired) electrons. The van der Waals surface area contributed by atoms with Gasteiger partial charge in [-0.2, -0.15) is 0 Å². The van der Waals surface area contributed by atoms with Crippen LogP contribution < -0.4 is 19.5 Å². The van der Waals surface area contributed by atoms with Crippen LogP contribution in [0, 0.1) is 0 Å². The molecular weight excluding hydrogens is 362 g/mol. The van der Waals surface area contributed by atoms with E-state index < -0.39 is 6.10 Å². The number of imidazole rings is 1. The van der Waals surface area contributed by atoms with Crippen molar-refractivity contribution in [2.45, 2.75) is 12.2 Å². The quantitative estimate of drug-likeness (QED) is 0.590. The number of aromatic nitrogens is 4. The van der Waals surface area contributed by atoms with Gasteiger partial charge in [-0.15, -0.1) is 10.2 Å². The fraction of sp³-hybridized carbons (Fsp3) is 0.316. The van der Waals surface area contributed by atoms with E-state index in [1.165, 1.54) is 0 Å². The van der Waals surface area contributed by atoms with E-state index in [0.717, 1.165) is 11.5 Å². The molecule has 28 heavy (non-hydrogen) atoms. The monoisotopic (exact) mass is 383 g/mol. The van der Waals surface area contributed by atoms with Gasteiger partial charge in [0.1, 0.15) is 31.7 Å². The minimum absolute atomic E-state index is 0.107. The Morgan fingerprint density at radius 3 is 2.89 bits per heavy atom. The largest absolute Gasteiger partial charge is 0.486 e. The van der Waals surface area contributed by atoms with E-state index in [1.54, 1.807) is 35.4 Å². The lowest BCUT2D eigenvalue weighted by atomic mass is 10.2. The number of rotatable bonds is 8.